The first-order valence-electron chi connectivity index (χ1n) is 8.20. The molecule has 4 heteroatoms. The van der Waals surface area contributed by atoms with Gasteiger partial charge in [-0.2, -0.15) is 11.8 Å². The average Bonchev–Trinajstić information content (AvgIpc) is 2.93. The van der Waals surface area contributed by atoms with Crippen LogP contribution in [-0.4, -0.2) is 23.8 Å². The molecule has 1 fully saturated rings. The Morgan fingerprint density at radius 2 is 2.20 bits per heavy atom. The second-order valence-electron chi connectivity index (χ2n) is 6.01. The van der Waals surface area contributed by atoms with Crippen molar-refractivity contribution in [2.75, 3.05) is 18.8 Å². The molecular formula is C16H26N2S2. The normalized spacial score (nSPS) is 26.4. The Labute approximate surface area is 131 Å². The van der Waals surface area contributed by atoms with Crippen LogP contribution in [0.4, 0.5) is 0 Å². The zero-order chi connectivity index (χ0) is 13.8. The monoisotopic (exact) mass is 310 g/mol. The molecule has 1 aromatic rings. The Bertz CT molecular complexity index is 424. The summed E-state index contributed by atoms with van der Waals surface area (Å²) in [6, 6.07) is 0. The molecule has 2 heterocycles. The summed E-state index contributed by atoms with van der Waals surface area (Å²) in [4.78, 5) is 6.69. The standard InChI is InChI=1S/C16H26N2S2/c1-2-9-17-11-12-6-5-8-13-15(12)18-16(20-13)14-7-3-4-10-19-14/h12,14,17H,2-11H2,1H3. The first kappa shape index (κ1) is 14.9. The summed E-state index contributed by atoms with van der Waals surface area (Å²) in [6.07, 6.45) is 9.31. The highest BCUT2D eigenvalue weighted by Gasteiger charge is 2.27. The van der Waals surface area contributed by atoms with Crippen molar-refractivity contribution in [3.05, 3.63) is 15.6 Å². The lowest BCUT2D eigenvalue weighted by Gasteiger charge is -2.21. The van der Waals surface area contributed by atoms with E-state index >= 15 is 0 Å². The lowest BCUT2D eigenvalue weighted by Crippen LogP contribution is -2.24. The number of thiazole rings is 1. The molecule has 112 valence electrons. The number of fused-ring (bicyclic) bond motifs is 1. The van der Waals surface area contributed by atoms with Gasteiger partial charge in [-0.15, -0.1) is 11.3 Å². The molecule has 0 aromatic carbocycles. The molecule has 2 aliphatic rings. The predicted molar refractivity (Wildman–Crippen MR) is 90.0 cm³/mol. The van der Waals surface area contributed by atoms with Crippen molar-refractivity contribution in [1.29, 1.82) is 0 Å². The summed E-state index contributed by atoms with van der Waals surface area (Å²) in [5, 5.41) is 5.72. The van der Waals surface area contributed by atoms with Gasteiger partial charge in [0.15, 0.2) is 0 Å². The molecule has 0 bridgehead atoms. The first-order chi connectivity index (χ1) is 9.88. The van der Waals surface area contributed by atoms with Crippen molar-refractivity contribution in [1.82, 2.24) is 10.3 Å². The quantitative estimate of drug-likeness (QED) is 0.809. The number of hydrogen-bond donors (Lipinski definition) is 1. The fourth-order valence-corrected chi connectivity index (χ4v) is 5.99. The summed E-state index contributed by atoms with van der Waals surface area (Å²) in [6.45, 7) is 4.50. The minimum atomic E-state index is 0.670. The van der Waals surface area contributed by atoms with Gasteiger partial charge in [-0.25, -0.2) is 4.98 Å². The van der Waals surface area contributed by atoms with Crippen LogP contribution in [0.15, 0.2) is 0 Å². The van der Waals surface area contributed by atoms with Crippen molar-refractivity contribution in [2.45, 2.75) is 63.0 Å². The molecule has 1 aliphatic carbocycles. The van der Waals surface area contributed by atoms with Crippen LogP contribution >= 0.6 is 23.1 Å². The zero-order valence-corrected chi connectivity index (χ0v) is 14.1. The van der Waals surface area contributed by atoms with Crippen molar-refractivity contribution in [2.24, 2.45) is 0 Å². The van der Waals surface area contributed by atoms with Crippen LogP contribution in [0.1, 0.15) is 72.2 Å². The molecule has 0 amide bonds. The SMILES string of the molecule is CCCNCC1CCCc2sc(C3CCCCS3)nc21. The maximum Gasteiger partial charge on any atom is 0.106 e. The molecular weight excluding hydrogens is 284 g/mol. The number of hydrogen-bond acceptors (Lipinski definition) is 4. The number of thioether (sulfide) groups is 1. The molecule has 1 aliphatic heterocycles. The van der Waals surface area contributed by atoms with Crippen LogP contribution in [0.2, 0.25) is 0 Å². The number of rotatable bonds is 5. The van der Waals surface area contributed by atoms with Crippen molar-refractivity contribution < 1.29 is 0 Å². The van der Waals surface area contributed by atoms with E-state index in [-0.39, 0.29) is 0 Å². The number of aromatic nitrogens is 1. The van der Waals surface area contributed by atoms with Crippen molar-refractivity contribution >= 4 is 23.1 Å². The van der Waals surface area contributed by atoms with Gasteiger partial charge in [0.25, 0.3) is 0 Å². The van der Waals surface area contributed by atoms with Crippen LogP contribution in [0.25, 0.3) is 0 Å². The summed E-state index contributed by atoms with van der Waals surface area (Å²) in [5.74, 6) is 2.00. The van der Waals surface area contributed by atoms with E-state index in [0.717, 1.165) is 13.1 Å². The molecule has 1 saturated heterocycles. The third kappa shape index (κ3) is 3.40. The third-order valence-electron chi connectivity index (χ3n) is 4.36. The second kappa shape index (κ2) is 7.28. The van der Waals surface area contributed by atoms with Gasteiger partial charge in [-0.05, 0) is 50.8 Å². The van der Waals surface area contributed by atoms with Crippen LogP contribution < -0.4 is 5.32 Å². The lowest BCUT2D eigenvalue weighted by atomic mass is 9.91. The van der Waals surface area contributed by atoms with Crippen LogP contribution in [0.3, 0.4) is 0 Å². The van der Waals surface area contributed by atoms with E-state index in [0.29, 0.717) is 11.2 Å². The summed E-state index contributed by atoms with van der Waals surface area (Å²) < 4.78 is 0. The number of nitrogens with zero attached hydrogens (tertiary/aromatic N) is 1. The third-order valence-corrected chi connectivity index (χ3v) is 7.14. The summed E-state index contributed by atoms with van der Waals surface area (Å²) >= 11 is 4.16. The van der Waals surface area contributed by atoms with E-state index in [1.165, 1.54) is 61.4 Å². The Kier molecular flexibility index (Phi) is 5.41. The fraction of sp³-hybridized carbons (Fsp3) is 0.812. The highest BCUT2D eigenvalue weighted by Crippen LogP contribution is 2.43. The molecule has 1 aromatic heterocycles. The Morgan fingerprint density at radius 3 is 3.00 bits per heavy atom. The van der Waals surface area contributed by atoms with Gasteiger partial charge in [0, 0.05) is 17.3 Å². The molecule has 0 spiro atoms. The second-order valence-corrected chi connectivity index (χ2v) is 8.43. The highest BCUT2D eigenvalue weighted by atomic mass is 32.2. The maximum atomic E-state index is 5.09. The van der Waals surface area contributed by atoms with E-state index in [2.05, 4.69) is 24.0 Å². The molecule has 1 N–H and O–H groups in total. The van der Waals surface area contributed by atoms with Gasteiger partial charge in [0.2, 0.25) is 0 Å². The molecule has 3 rings (SSSR count). The van der Waals surface area contributed by atoms with Crippen LogP contribution in [0.5, 0.6) is 0 Å². The minimum Gasteiger partial charge on any atom is -0.316 e. The van der Waals surface area contributed by atoms with E-state index in [1.807, 2.05) is 11.3 Å². The molecule has 0 radical (unpaired) electrons. The van der Waals surface area contributed by atoms with Crippen LogP contribution in [0, 0.1) is 0 Å². The van der Waals surface area contributed by atoms with Gasteiger partial charge in [0.05, 0.1) is 10.9 Å². The van der Waals surface area contributed by atoms with Gasteiger partial charge in [-0.3, -0.25) is 0 Å². The van der Waals surface area contributed by atoms with E-state index in [9.17, 15) is 0 Å². The average molecular weight is 311 g/mol. The highest BCUT2D eigenvalue weighted by molar-refractivity contribution is 7.99. The maximum absolute atomic E-state index is 5.09. The van der Waals surface area contributed by atoms with Crippen LogP contribution in [-0.2, 0) is 6.42 Å². The fourth-order valence-electron chi connectivity index (χ4n) is 3.25. The van der Waals surface area contributed by atoms with Gasteiger partial charge in [-0.1, -0.05) is 13.3 Å². The molecule has 20 heavy (non-hydrogen) atoms. The Hall–Kier alpha value is -0.0600. The Morgan fingerprint density at radius 1 is 1.25 bits per heavy atom. The predicted octanol–water partition coefficient (Wildman–Crippen LogP) is 4.52. The first-order valence-corrected chi connectivity index (χ1v) is 10.1. The molecule has 2 atom stereocenters. The van der Waals surface area contributed by atoms with Gasteiger partial charge < -0.3 is 5.32 Å². The van der Waals surface area contributed by atoms with E-state index < -0.39 is 0 Å². The largest absolute Gasteiger partial charge is 0.316 e. The van der Waals surface area contributed by atoms with Gasteiger partial charge in [0.1, 0.15) is 5.01 Å². The number of aryl methyl sites for hydroxylation is 1. The zero-order valence-electron chi connectivity index (χ0n) is 12.5. The smallest absolute Gasteiger partial charge is 0.106 e. The summed E-state index contributed by atoms with van der Waals surface area (Å²) in [5.41, 5.74) is 1.45. The topological polar surface area (TPSA) is 24.9 Å². The molecule has 0 saturated carbocycles. The molecule has 2 unspecified atom stereocenters. The van der Waals surface area contributed by atoms with Crippen molar-refractivity contribution in [3.8, 4) is 0 Å². The Balaban J connectivity index is 1.70. The lowest BCUT2D eigenvalue weighted by molar-refractivity contribution is 0.500. The minimum absolute atomic E-state index is 0.670. The van der Waals surface area contributed by atoms with E-state index in [4.69, 9.17) is 4.98 Å². The number of nitrogens with one attached hydrogen (secondary N) is 1. The van der Waals surface area contributed by atoms with E-state index in [1.54, 1.807) is 4.88 Å². The van der Waals surface area contributed by atoms with Gasteiger partial charge >= 0.3 is 0 Å². The molecule has 2 nitrogen and oxygen atoms in total. The van der Waals surface area contributed by atoms with Crippen molar-refractivity contribution in [3.63, 3.8) is 0 Å². The summed E-state index contributed by atoms with van der Waals surface area (Å²) in [7, 11) is 0.